The Morgan fingerprint density at radius 3 is 1.91 bits per heavy atom. The third-order valence-electron chi connectivity index (χ3n) is 2.76. The van der Waals surface area contributed by atoms with E-state index in [1.54, 1.807) is 0 Å². The smallest absolute Gasteiger partial charge is 0.138 e. The van der Waals surface area contributed by atoms with Crippen LogP contribution in [0.4, 0.5) is 0 Å². The molecule has 0 aromatic carbocycles. The minimum absolute atomic E-state index is 0.0254. The molecular weight excluding hydrogens is 150 g/mol. The summed E-state index contributed by atoms with van der Waals surface area (Å²) in [5, 5.41) is -0.0254. The largest absolute Gasteiger partial charge is 0.335 e. The molecule has 0 saturated carbocycles. The van der Waals surface area contributed by atoms with Crippen LogP contribution in [0.2, 0.25) is 0 Å². The minimum atomic E-state index is -1.97. The minimum Gasteiger partial charge on any atom is -0.335 e. The highest BCUT2D eigenvalue weighted by Crippen LogP contribution is 2.54. The third-order valence-corrected chi connectivity index (χ3v) is 7.48. The SMILES string of the molecule is BBB(B)P(C)(=O)C(C)(C)C. The number of hydrogen-bond acceptors (Lipinski definition) is 1. The maximum Gasteiger partial charge on any atom is 0.138 e. The second-order valence-electron chi connectivity index (χ2n) is 4.42. The Kier molecular flexibility index (Phi) is 3.63. The van der Waals surface area contributed by atoms with E-state index in [0.717, 1.165) is 7.06 Å². The van der Waals surface area contributed by atoms with Gasteiger partial charge in [0.25, 0.3) is 0 Å². The molecule has 0 aliphatic rings. The van der Waals surface area contributed by atoms with Crippen molar-refractivity contribution in [1.82, 2.24) is 0 Å². The van der Waals surface area contributed by atoms with Gasteiger partial charge in [0, 0.05) is 12.2 Å². The van der Waals surface area contributed by atoms with Gasteiger partial charge in [0.15, 0.2) is 0 Å². The lowest BCUT2D eigenvalue weighted by atomic mass is 9.18. The Balaban J connectivity index is 4.60. The highest BCUT2D eigenvalue weighted by molar-refractivity contribution is 8.10. The molecule has 0 saturated heterocycles. The number of rotatable bonds is 2. The van der Waals surface area contributed by atoms with Crippen LogP contribution < -0.4 is 0 Å². The van der Waals surface area contributed by atoms with Gasteiger partial charge in [-0.1, -0.05) is 20.8 Å². The van der Waals surface area contributed by atoms with Gasteiger partial charge in [-0.15, -0.1) is 0 Å². The van der Waals surface area contributed by atoms with E-state index in [-0.39, 0.29) is 5.16 Å². The van der Waals surface area contributed by atoms with Gasteiger partial charge < -0.3 is 4.57 Å². The zero-order valence-electron chi connectivity index (χ0n) is 8.64. The van der Waals surface area contributed by atoms with Crippen LogP contribution in [0.25, 0.3) is 0 Å². The standard InChI is InChI=1S/C5H17B4OP/c1-5(2,3)11(4,10)9(7)8-6/h8H,6-7H2,1-4H3. The molecule has 0 radical (unpaired) electrons. The molecule has 0 aliphatic heterocycles. The normalized spacial score (nSPS) is 17.1. The Morgan fingerprint density at radius 2 is 1.82 bits per heavy atom. The zero-order chi connectivity index (χ0) is 9.28. The molecule has 0 rings (SSSR count). The van der Waals surface area contributed by atoms with Crippen molar-refractivity contribution < 1.29 is 4.57 Å². The maximum absolute atomic E-state index is 12.2. The van der Waals surface area contributed by atoms with Gasteiger partial charge in [0.05, 0.1) is 22.5 Å². The van der Waals surface area contributed by atoms with Crippen molar-refractivity contribution in [3.8, 4) is 0 Å². The molecule has 0 aromatic rings. The summed E-state index contributed by atoms with van der Waals surface area (Å²) in [6.45, 7) is 8.14. The average Bonchev–Trinajstić information content (AvgIpc) is 1.83. The van der Waals surface area contributed by atoms with Crippen molar-refractivity contribution in [2.75, 3.05) is 6.66 Å². The average molecular weight is 167 g/mol. The molecule has 0 aliphatic carbocycles. The van der Waals surface area contributed by atoms with Gasteiger partial charge >= 0.3 is 0 Å². The zero-order valence-corrected chi connectivity index (χ0v) is 9.53. The highest BCUT2D eigenvalue weighted by Gasteiger charge is 2.36. The van der Waals surface area contributed by atoms with E-state index < -0.39 is 7.02 Å². The first kappa shape index (κ1) is 11.5. The molecule has 0 aromatic heterocycles. The predicted molar refractivity (Wildman–Crippen MR) is 63.3 cm³/mol. The summed E-state index contributed by atoms with van der Waals surface area (Å²) in [5.74, 6) is 0. The van der Waals surface area contributed by atoms with E-state index >= 15 is 0 Å². The van der Waals surface area contributed by atoms with Crippen molar-refractivity contribution in [3.05, 3.63) is 0 Å². The van der Waals surface area contributed by atoms with Crippen molar-refractivity contribution >= 4 is 35.8 Å². The molecule has 6 heteroatoms. The van der Waals surface area contributed by atoms with Crippen LogP contribution in [0.15, 0.2) is 0 Å². The van der Waals surface area contributed by atoms with E-state index in [1.165, 1.54) is 0 Å². The molecular formula is C5H17B4OP. The van der Waals surface area contributed by atoms with E-state index in [9.17, 15) is 4.57 Å². The predicted octanol–water partition coefficient (Wildman–Crippen LogP) is -0.620. The fourth-order valence-corrected chi connectivity index (χ4v) is 3.03. The Bertz CT molecular complexity index is 176. The maximum atomic E-state index is 12.2. The lowest BCUT2D eigenvalue weighted by molar-refractivity contribution is 0.564. The summed E-state index contributed by atoms with van der Waals surface area (Å²) in [4.78, 5) is 0. The van der Waals surface area contributed by atoms with Crippen molar-refractivity contribution in [2.24, 2.45) is 0 Å². The van der Waals surface area contributed by atoms with Crippen molar-refractivity contribution in [2.45, 2.75) is 25.9 Å². The van der Waals surface area contributed by atoms with E-state index in [0.29, 0.717) is 6.21 Å². The summed E-state index contributed by atoms with van der Waals surface area (Å²) < 4.78 is 12.2. The fraction of sp³-hybridized carbons (Fsp3) is 1.00. The van der Waals surface area contributed by atoms with Gasteiger partial charge in [-0.05, 0) is 6.66 Å². The van der Waals surface area contributed by atoms with Crippen molar-refractivity contribution in [1.29, 1.82) is 0 Å². The lowest BCUT2D eigenvalue weighted by Crippen LogP contribution is -2.32. The van der Waals surface area contributed by atoms with Crippen molar-refractivity contribution in [3.63, 3.8) is 0 Å². The van der Waals surface area contributed by atoms with E-state index in [4.69, 9.17) is 0 Å². The topological polar surface area (TPSA) is 17.1 Å². The Hall–Kier alpha value is 0.490. The Labute approximate surface area is 73.5 Å². The summed E-state index contributed by atoms with van der Waals surface area (Å²) >= 11 is 0. The molecule has 0 fully saturated rings. The van der Waals surface area contributed by atoms with Gasteiger partial charge in [-0.25, -0.2) is 0 Å². The molecule has 0 bridgehead atoms. The second-order valence-corrected chi connectivity index (χ2v) is 8.62. The van der Waals surface area contributed by atoms with Crippen LogP contribution in [0.1, 0.15) is 20.8 Å². The second kappa shape index (κ2) is 3.47. The van der Waals surface area contributed by atoms with E-state index in [1.807, 2.05) is 6.66 Å². The van der Waals surface area contributed by atoms with Crippen LogP contribution in [0.5, 0.6) is 0 Å². The quantitative estimate of drug-likeness (QED) is 0.396. The first-order chi connectivity index (χ1) is 4.73. The molecule has 1 unspecified atom stereocenters. The monoisotopic (exact) mass is 168 g/mol. The molecule has 0 N–H and O–H groups in total. The Morgan fingerprint density at radius 1 is 1.45 bits per heavy atom. The van der Waals surface area contributed by atoms with Gasteiger partial charge in [0.2, 0.25) is 0 Å². The first-order valence-electron chi connectivity index (χ1n) is 4.30. The van der Waals surface area contributed by atoms with Crippen LogP contribution in [-0.4, -0.2) is 40.6 Å². The van der Waals surface area contributed by atoms with Gasteiger partial charge in [-0.2, -0.15) is 0 Å². The van der Waals surface area contributed by atoms with Gasteiger partial charge in [0.1, 0.15) is 6.21 Å². The molecule has 11 heavy (non-hydrogen) atoms. The summed E-state index contributed by atoms with van der Waals surface area (Å²) in [7, 11) is 3.24. The molecule has 0 spiro atoms. The third kappa shape index (κ3) is 2.47. The van der Waals surface area contributed by atoms with Crippen LogP contribution >= 0.6 is 7.02 Å². The lowest BCUT2D eigenvalue weighted by Gasteiger charge is -2.31. The summed E-state index contributed by atoms with van der Waals surface area (Å²) in [6.07, 6.45) is 0.363. The van der Waals surface area contributed by atoms with Gasteiger partial charge in [-0.3, -0.25) is 0 Å². The van der Waals surface area contributed by atoms with Crippen LogP contribution in [-0.2, 0) is 4.57 Å². The molecule has 0 amide bonds. The van der Waals surface area contributed by atoms with E-state index in [2.05, 4.69) is 36.2 Å². The van der Waals surface area contributed by atoms with Crippen LogP contribution in [0.3, 0.4) is 0 Å². The fourth-order valence-electron chi connectivity index (χ4n) is 1.01. The highest BCUT2D eigenvalue weighted by atomic mass is 31.2. The van der Waals surface area contributed by atoms with Crippen LogP contribution in [0, 0.1) is 0 Å². The molecule has 0 heterocycles. The molecule has 1 nitrogen and oxygen atoms in total. The first-order valence-corrected chi connectivity index (χ1v) is 6.53. The molecule has 60 valence electrons. The summed E-state index contributed by atoms with van der Waals surface area (Å²) in [5.41, 5.74) is 0. The summed E-state index contributed by atoms with van der Waals surface area (Å²) in [6, 6.07) is 0. The molecule has 1 atom stereocenters. The number of hydrogen-bond donors (Lipinski definition) is 0.